The maximum absolute atomic E-state index is 12.7. The fourth-order valence-corrected chi connectivity index (χ4v) is 5.26. The molecule has 0 radical (unpaired) electrons. The molecule has 2 aliphatic heterocycles. The second-order valence-corrected chi connectivity index (χ2v) is 9.45. The average Bonchev–Trinajstić information content (AvgIpc) is 3.20. The van der Waals surface area contributed by atoms with Crippen molar-refractivity contribution in [3.05, 3.63) is 52.5 Å². The predicted molar refractivity (Wildman–Crippen MR) is 125 cm³/mol. The second kappa shape index (κ2) is 8.33. The van der Waals surface area contributed by atoms with Gasteiger partial charge in [0.15, 0.2) is 0 Å². The average molecular weight is 483 g/mol. The van der Waals surface area contributed by atoms with Gasteiger partial charge in [0.2, 0.25) is 0 Å². The molecule has 2 aromatic heterocycles. The number of pyridine rings is 1. The van der Waals surface area contributed by atoms with Crippen LogP contribution in [0.1, 0.15) is 36.4 Å². The zero-order valence-corrected chi connectivity index (χ0v) is 19.5. The van der Waals surface area contributed by atoms with Crippen molar-refractivity contribution in [1.82, 2.24) is 24.8 Å². The molecule has 2 saturated heterocycles. The molecule has 31 heavy (non-hydrogen) atoms. The number of nitrogens with one attached hydrogen (secondary N) is 1. The third kappa shape index (κ3) is 3.88. The molecular formula is C23H27BrN6O. The smallest absolute Gasteiger partial charge is 0.136 e. The van der Waals surface area contributed by atoms with Crippen molar-refractivity contribution in [2.24, 2.45) is 0 Å². The molecule has 2 aliphatic rings. The number of Topliss-reactive ketones (excluding diaryl/α,β-unsaturated/α-hetero) is 1. The number of benzene rings is 1. The van der Waals surface area contributed by atoms with Crippen molar-refractivity contribution in [2.75, 3.05) is 45.2 Å². The van der Waals surface area contributed by atoms with Crippen LogP contribution >= 0.6 is 15.9 Å². The van der Waals surface area contributed by atoms with Crippen LogP contribution in [0.5, 0.6) is 0 Å². The molecule has 0 aliphatic carbocycles. The van der Waals surface area contributed by atoms with E-state index in [0.29, 0.717) is 12.8 Å². The summed E-state index contributed by atoms with van der Waals surface area (Å²) >= 11 is 3.61. The number of aromatic nitrogens is 3. The molecule has 3 aromatic rings. The van der Waals surface area contributed by atoms with Crippen LogP contribution in [0.25, 0.3) is 11.0 Å². The third-order valence-electron chi connectivity index (χ3n) is 6.60. The molecule has 0 unspecified atom stereocenters. The zero-order valence-electron chi connectivity index (χ0n) is 17.9. The van der Waals surface area contributed by atoms with Crippen LogP contribution in [-0.4, -0.2) is 70.8 Å². The van der Waals surface area contributed by atoms with Crippen LogP contribution < -0.4 is 4.90 Å². The number of imidazole rings is 1. The number of piperazine rings is 1. The van der Waals surface area contributed by atoms with Gasteiger partial charge in [-0.25, -0.2) is 4.98 Å². The quantitative estimate of drug-likeness (QED) is 0.615. The van der Waals surface area contributed by atoms with Crippen molar-refractivity contribution >= 4 is 38.4 Å². The number of nitrogens with zero attached hydrogens (tertiary/aromatic N) is 5. The number of piperidine rings is 1. The minimum atomic E-state index is -0.104. The van der Waals surface area contributed by atoms with Crippen LogP contribution in [0.4, 0.5) is 5.69 Å². The maximum Gasteiger partial charge on any atom is 0.136 e. The van der Waals surface area contributed by atoms with Gasteiger partial charge in [-0.15, -0.1) is 0 Å². The van der Waals surface area contributed by atoms with Gasteiger partial charge in [-0.1, -0.05) is 6.07 Å². The lowest BCUT2D eigenvalue weighted by Crippen LogP contribution is -2.44. The number of ketones is 1. The molecule has 8 heteroatoms. The van der Waals surface area contributed by atoms with E-state index in [0.717, 1.165) is 53.2 Å². The van der Waals surface area contributed by atoms with E-state index in [9.17, 15) is 4.79 Å². The zero-order chi connectivity index (χ0) is 21.5. The maximum atomic E-state index is 12.7. The number of H-pyrrole nitrogens is 1. The Morgan fingerprint density at radius 2 is 1.81 bits per heavy atom. The number of likely N-dealkylation sites (N-methyl/N-ethyl adjacent to an activating group) is 1. The van der Waals surface area contributed by atoms with E-state index in [1.807, 2.05) is 12.1 Å². The minimum absolute atomic E-state index is 0.0767. The molecule has 4 heterocycles. The summed E-state index contributed by atoms with van der Waals surface area (Å²) in [5.74, 6) is 1.09. The largest absolute Gasteiger partial charge is 0.367 e. The fraction of sp³-hybridized carbons (Fsp3) is 0.435. The van der Waals surface area contributed by atoms with Gasteiger partial charge in [-0.05, 0) is 54.3 Å². The topological polar surface area (TPSA) is 68.4 Å². The Bertz CT molecular complexity index is 1110. The first-order chi connectivity index (χ1) is 15.0. The first-order valence-electron chi connectivity index (χ1n) is 10.8. The molecule has 0 spiro atoms. The molecule has 7 nitrogen and oxygen atoms in total. The lowest BCUT2D eigenvalue weighted by molar-refractivity contribution is -0.125. The number of anilines is 1. The molecule has 5 rings (SSSR count). The second-order valence-electron chi connectivity index (χ2n) is 8.60. The van der Waals surface area contributed by atoms with Crippen molar-refractivity contribution in [2.45, 2.75) is 24.9 Å². The van der Waals surface area contributed by atoms with Gasteiger partial charge in [-0.2, -0.15) is 0 Å². The number of aromatic amines is 1. The molecule has 1 N–H and O–H groups in total. The van der Waals surface area contributed by atoms with Gasteiger partial charge in [0.25, 0.3) is 0 Å². The highest BCUT2D eigenvalue weighted by Gasteiger charge is 2.37. The number of halogens is 1. The van der Waals surface area contributed by atoms with E-state index in [-0.39, 0.29) is 17.9 Å². The van der Waals surface area contributed by atoms with Gasteiger partial charge in [0.1, 0.15) is 17.1 Å². The van der Waals surface area contributed by atoms with E-state index < -0.39 is 0 Å². The number of carbonyl (C=O) groups excluding carboxylic acids is 1. The highest BCUT2D eigenvalue weighted by atomic mass is 79.9. The SMILES string of the molecule is CN1CCN(c2cccc3[nH]c([C@H]4CC(=O)C[C@@H](c5ncccc5Br)N4C)nc23)CC1. The molecule has 1 aromatic carbocycles. The van der Waals surface area contributed by atoms with E-state index in [1.165, 1.54) is 5.69 Å². The molecule has 0 saturated carbocycles. The summed E-state index contributed by atoms with van der Waals surface area (Å²) in [6.07, 6.45) is 2.71. The lowest BCUT2D eigenvalue weighted by Gasteiger charge is -2.37. The standard InChI is InChI=1S/C23H27BrN6O/c1-28-9-11-30(12-10-28)18-7-3-6-17-22(18)27-23(26-17)20-14-15(31)13-19(29(20)2)21-16(24)5-4-8-25-21/h3-8,19-20H,9-14H2,1-2H3,(H,26,27)/t19-,20+/m0/s1. The molecule has 2 atom stereocenters. The number of rotatable bonds is 3. The summed E-state index contributed by atoms with van der Waals surface area (Å²) in [5.41, 5.74) is 4.08. The van der Waals surface area contributed by atoms with Crippen molar-refractivity contribution < 1.29 is 4.79 Å². The first-order valence-corrected chi connectivity index (χ1v) is 11.6. The van der Waals surface area contributed by atoms with Gasteiger partial charge >= 0.3 is 0 Å². The van der Waals surface area contributed by atoms with E-state index in [4.69, 9.17) is 4.98 Å². The van der Waals surface area contributed by atoms with Crippen LogP contribution in [0.2, 0.25) is 0 Å². The van der Waals surface area contributed by atoms with Crippen molar-refractivity contribution in [1.29, 1.82) is 0 Å². The van der Waals surface area contributed by atoms with Gasteiger partial charge in [0, 0.05) is 49.7 Å². The van der Waals surface area contributed by atoms with Crippen LogP contribution in [0, 0.1) is 0 Å². The number of para-hydroxylation sites is 1. The van der Waals surface area contributed by atoms with Gasteiger partial charge in [-0.3, -0.25) is 14.7 Å². The molecule has 2 fully saturated rings. The number of hydrogen-bond donors (Lipinski definition) is 1. The molecular weight excluding hydrogens is 456 g/mol. The Hall–Kier alpha value is -2.29. The van der Waals surface area contributed by atoms with Crippen LogP contribution in [-0.2, 0) is 4.79 Å². The Kier molecular flexibility index (Phi) is 5.54. The summed E-state index contributed by atoms with van der Waals surface area (Å²) < 4.78 is 0.933. The number of hydrogen-bond acceptors (Lipinski definition) is 6. The summed E-state index contributed by atoms with van der Waals surface area (Å²) in [7, 11) is 4.23. The van der Waals surface area contributed by atoms with Gasteiger partial charge < -0.3 is 14.8 Å². The fourth-order valence-electron chi connectivity index (χ4n) is 4.74. The lowest BCUT2D eigenvalue weighted by atomic mass is 9.92. The predicted octanol–water partition coefficient (Wildman–Crippen LogP) is 3.55. The molecule has 0 amide bonds. The summed E-state index contributed by atoms with van der Waals surface area (Å²) in [4.78, 5) is 32.8. The number of likely N-dealkylation sites (tertiary alicyclic amines) is 1. The highest BCUT2D eigenvalue weighted by Crippen LogP contribution is 2.40. The molecule has 0 bridgehead atoms. The monoisotopic (exact) mass is 482 g/mol. The van der Waals surface area contributed by atoms with Crippen molar-refractivity contribution in [3.8, 4) is 0 Å². The number of carbonyl (C=O) groups is 1. The summed E-state index contributed by atoms with van der Waals surface area (Å²) in [5, 5.41) is 0. The summed E-state index contributed by atoms with van der Waals surface area (Å²) in [6, 6.07) is 10.0. The first kappa shape index (κ1) is 20.6. The van der Waals surface area contributed by atoms with E-state index in [2.05, 4.69) is 72.9 Å². The number of fused-ring (bicyclic) bond motifs is 1. The molecule has 162 valence electrons. The third-order valence-corrected chi connectivity index (χ3v) is 7.27. The van der Waals surface area contributed by atoms with Crippen LogP contribution in [0.15, 0.2) is 41.0 Å². The minimum Gasteiger partial charge on any atom is -0.367 e. The Balaban J connectivity index is 1.49. The van der Waals surface area contributed by atoms with E-state index in [1.54, 1.807) is 6.20 Å². The van der Waals surface area contributed by atoms with Gasteiger partial charge in [0.05, 0.1) is 29.0 Å². The highest BCUT2D eigenvalue weighted by molar-refractivity contribution is 9.10. The normalized spacial score (nSPS) is 23.6. The summed E-state index contributed by atoms with van der Waals surface area (Å²) in [6.45, 7) is 4.09. The Morgan fingerprint density at radius 1 is 1.03 bits per heavy atom. The van der Waals surface area contributed by atoms with Crippen LogP contribution in [0.3, 0.4) is 0 Å². The van der Waals surface area contributed by atoms with Crippen molar-refractivity contribution in [3.63, 3.8) is 0 Å². The Labute approximate surface area is 190 Å². The Morgan fingerprint density at radius 3 is 2.58 bits per heavy atom. The van der Waals surface area contributed by atoms with E-state index >= 15 is 0 Å².